The highest BCUT2D eigenvalue weighted by atomic mass is 28.4. The van der Waals surface area contributed by atoms with Crippen molar-refractivity contribution >= 4 is 14.6 Å². The van der Waals surface area contributed by atoms with Crippen molar-refractivity contribution in [2.75, 3.05) is 0 Å². The quantitative estimate of drug-likeness (QED) is 0.631. The Labute approximate surface area is 112 Å². The maximum Gasteiger partial charge on any atom is 0.192 e. The van der Waals surface area contributed by atoms with Crippen molar-refractivity contribution in [2.45, 2.75) is 82.7 Å². The van der Waals surface area contributed by atoms with Gasteiger partial charge in [0.2, 0.25) is 0 Å². The molecule has 0 amide bonds. The van der Waals surface area contributed by atoms with Crippen LogP contribution in [-0.4, -0.2) is 31.4 Å². The van der Waals surface area contributed by atoms with Crippen LogP contribution in [0.1, 0.15) is 52.9 Å². The molecule has 3 nitrogen and oxygen atoms in total. The Morgan fingerprint density at radius 3 is 2.56 bits per heavy atom. The molecule has 0 radical (unpaired) electrons. The van der Waals surface area contributed by atoms with Crippen molar-refractivity contribution in [2.24, 2.45) is 0 Å². The molecule has 0 aromatic rings. The molecule has 18 heavy (non-hydrogen) atoms. The maximum absolute atomic E-state index is 10.6. The molecule has 0 spiro atoms. The Morgan fingerprint density at radius 1 is 1.44 bits per heavy atom. The van der Waals surface area contributed by atoms with Crippen molar-refractivity contribution in [1.82, 2.24) is 0 Å². The second kappa shape index (κ2) is 5.43. The molecular formula is C14H28O3Si. The summed E-state index contributed by atoms with van der Waals surface area (Å²) in [6.45, 7) is 11.1. The van der Waals surface area contributed by atoms with E-state index >= 15 is 0 Å². The van der Waals surface area contributed by atoms with Crippen LogP contribution in [0.2, 0.25) is 18.1 Å². The van der Waals surface area contributed by atoms with Gasteiger partial charge >= 0.3 is 0 Å². The van der Waals surface area contributed by atoms with E-state index in [0.29, 0.717) is 6.42 Å². The Balaban J connectivity index is 2.66. The van der Waals surface area contributed by atoms with Gasteiger partial charge in [-0.2, -0.15) is 0 Å². The number of hydrogen-bond acceptors (Lipinski definition) is 3. The number of aldehydes is 1. The van der Waals surface area contributed by atoms with E-state index in [1.54, 1.807) is 0 Å². The summed E-state index contributed by atoms with van der Waals surface area (Å²) in [6, 6.07) is 0. The van der Waals surface area contributed by atoms with Gasteiger partial charge in [0.25, 0.3) is 0 Å². The van der Waals surface area contributed by atoms with Gasteiger partial charge < -0.3 is 14.3 Å². The molecule has 0 bridgehead atoms. The van der Waals surface area contributed by atoms with Gasteiger partial charge in [0, 0.05) is 18.9 Å². The predicted molar refractivity (Wildman–Crippen MR) is 76.2 cm³/mol. The SMILES string of the molecule is CC(C)(C)[Si](C)(C)O[C@@H]1CCC[C@@](O)(CC=O)C1. The lowest BCUT2D eigenvalue weighted by molar-refractivity contribution is -0.115. The molecule has 0 aromatic carbocycles. The van der Waals surface area contributed by atoms with E-state index in [1.165, 1.54) is 0 Å². The van der Waals surface area contributed by atoms with Crippen molar-refractivity contribution in [1.29, 1.82) is 0 Å². The molecule has 0 saturated heterocycles. The van der Waals surface area contributed by atoms with Crippen LogP contribution < -0.4 is 0 Å². The number of rotatable bonds is 4. The highest BCUT2D eigenvalue weighted by Crippen LogP contribution is 2.40. The Hall–Kier alpha value is -0.193. The molecule has 1 fully saturated rings. The van der Waals surface area contributed by atoms with E-state index in [1.807, 2.05) is 0 Å². The lowest BCUT2D eigenvalue weighted by Gasteiger charge is -2.43. The lowest BCUT2D eigenvalue weighted by Crippen LogP contribution is -2.48. The van der Waals surface area contributed by atoms with E-state index in [2.05, 4.69) is 33.9 Å². The zero-order chi connectivity index (χ0) is 14.0. The molecule has 1 saturated carbocycles. The summed E-state index contributed by atoms with van der Waals surface area (Å²) in [6.07, 6.45) is 4.47. The fraction of sp³-hybridized carbons (Fsp3) is 0.929. The van der Waals surface area contributed by atoms with Gasteiger partial charge in [0.15, 0.2) is 8.32 Å². The summed E-state index contributed by atoms with van der Waals surface area (Å²) in [7, 11) is -1.78. The number of aliphatic hydroxyl groups is 1. The fourth-order valence-electron chi connectivity index (χ4n) is 2.32. The second-order valence-corrected chi connectivity index (χ2v) is 11.9. The Kier molecular flexibility index (Phi) is 4.79. The molecule has 0 aromatic heterocycles. The van der Waals surface area contributed by atoms with Gasteiger partial charge in [-0.25, -0.2) is 0 Å². The highest BCUT2D eigenvalue weighted by Gasteiger charge is 2.42. The normalized spacial score (nSPS) is 30.2. The molecule has 1 rings (SSSR count). The van der Waals surface area contributed by atoms with E-state index in [-0.39, 0.29) is 17.6 Å². The minimum atomic E-state index is -1.78. The number of hydrogen-bond donors (Lipinski definition) is 1. The average molecular weight is 272 g/mol. The smallest absolute Gasteiger partial charge is 0.192 e. The van der Waals surface area contributed by atoms with Crippen LogP contribution in [0.4, 0.5) is 0 Å². The first-order valence-corrected chi connectivity index (χ1v) is 9.84. The van der Waals surface area contributed by atoms with Crippen LogP contribution >= 0.6 is 0 Å². The standard InChI is InChI=1S/C14H28O3Si/c1-13(2,3)18(4,5)17-12-7-6-8-14(16,11-12)9-10-15/h10,12,16H,6-9,11H2,1-5H3/t12-,14-/m1/s1. The Bertz CT molecular complexity index is 296. The monoisotopic (exact) mass is 272 g/mol. The van der Waals surface area contributed by atoms with Gasteiger partial charge in [-0.3, -0.25) is 0 Å². The highest BCUT2D eigenvalue weighted by molar-refractivity contribution is 6.74. The van der Waals surface area contributed by atoms with Gasteiger partial charge in [-0.1, -0.05) is 20.8 Å². The van der Waals surface area contributed by atoms with Crippen LogP contribution in [0.25, 0.3) is 0 Å². The van der Waals surface area contributed by atoms with E-state index in [4.69, 9.17) is 4.43 Å². The van der Waals surface area contributed by atoms with Crippen molar-refractivity contribution in [3.05, 3.63) is 0 Å². The van der Waals surface area contributed by atoms with Gasteiger partial charge in [0.1, 0.15) is 6.29 Å². The van der Waals surface area contributed by atoms with Crippen LogP contribution in [0, 0.1) is 0 Å². The summed E-state index contributed by atoms with van der Waals surface area (Å²) in [5.74, 6) is 0. The molecule has 2 atom stereocenters. The fourth-order valence-corrected chi connectivity index (χ4v) is 3.71. The topological polar surface area (TPSA) is 46.5 Å². The molecule has 106 valence electrons. The molecule has 1 aliphatic rings. The molecule has 4 heteroatoms. The van der Waals surface area contributed by atoms with E-state index in [9.17, 15) is 9.90 Å². The third-order valence-corrected chi connectivity index (χ3v) is 9.04. The third-order valence-electron chi connectivity index (χ3n) is 4.51. The van der Waals surface area contributed by atoms with Crippen LogP contribution in [0.15, 0.2) is 0 Å². The molecule has 0 heterocycles. The minimum Gasteiger partial charge on any atom is -0.414 e. The summed E-state index contributed by atoms with van der Waals surface area (Å²) < 4.78 is 6.35. The first-order valence-electron chi connectivity index (χ1n) is 6.93. The van der Waals surface area contributed by atoms with Crippen molar-refractivity contribution in [3.8, 4) is 0 Å². The largest absolute Gasteiger partial charge is 0.414 e. The molecular weight excluding hydrogens is 244 g/mol. The first-order chi connectivity index (χ1) is 8.10. The zero-order valence-corrected chi connectivity index (χ0v) is 13.5. The van der Waals surface area contributed by atoms with E-state index in [0.717, 1.165) is 25.5 Å². The average Bonchev–Trinajstić information content (AvgIpc) is 2.14. The van der Waals surface area contributed by atoms with Gasteiger partial charge in [0.05, 0.1) is 5.60 Å². The second-order valence-electron chi connectivity index (χ2n) is 7.19. The lowest BCUT2D eigenvalue weighted by atomic mass is 9.81. The van der Waals surface area contributed by atoms with Crippen LogP contribution in [-0.2, 0) is 9.22 Å². The minimum absolute atomic E-state index is 0.115. The molecule has 0 aliphatic heterocycles. The first kappa shape index (κ1) is 15.9. The van der Waals surface area contributed by atoms with Crippen molar-refractivity contribution in [3.63, 3.8) is 0 Å². The Morgan fingerprint density at radius 2 is 2.06 bits per heavy atom. The summed E-state index contributed by atoms with van der Waals surface area (Å²) >= 11 is 0. The maximum atomic E-state index is 10.6. The van der Waals surface area contributed by atoms with E-state index < -0.39 is 13.9 Å². The predicted octanol–water partition coefficient (Wildman–Crippen LogP) is 3.27. The van der Waals surface area contributed by atoms with Crippen LogP contribution in [0.5, 0.6) is 0 Å². The van der Waals surface area contributed by atoms with Crippen molar-refractivity contribution < 1.29 is 14.3 Å². The van der Waals surface area contributed by atoms with Gasteiger partial charge in [-0.05, 0) is 37.4 Å². The van der Waals surface area contributed by atoms with Crippen LogP contribution in [0.3, 0.4) is 0 Å². The third kappa shape index (κ3) is 3.90. The number of carbonyl (C=O) groups is 1. The van der Waals surface area contributed by atoms with Gasteiger partial charge in [-0.15, -0.1) is 0 Å². The number of carbonyl (C=O) groups excluding carboxylic acids is 1. The summed E-state index contributed by atoms with van der Waals surface area (Å²) in [4.78, 5) is 10.6. The zero-order valence-electron chi connectivity index (χ0n) is 12.5. The molecule has 1 N–H and O–H groups in total. The summed E-state index contributed by atoms with van der Waals surface area (Å²) in [5, 5.41) is 10.5. The molecule has 1 aliphatic carbocycles. The summed E-state index contributed by atoms with van der Waals surface area (Å²) in [5.41, 5.74) is -0.826. The molecule has 0 unspecified atom stereocenters.